The minimum Gasteiger partial charge on any atom is -0.390 e. The number of aliphatic hydroxyl groups is 2. The molecule has 0 spiro atoms. The molecule has 0 aliphatic heterocycles. The van der Waals surface area contributed by atoms with E-state index in [-0.39, 0.29) is 11.7 Å². The van der Waals surface area contributed by atoms with Gasteiger partial charge < -0.3 is 24.8 Å². The van der Waals surface area contributed by atoms with Gasteiger partial charge >= 0.3 is 0 Å². The maximum absolute atomic E-state index is 11.7. The second-order valence-electron chi connectivity index (χ2n) is 4.39. The van der Waals surface area contributed by atoms with E-state index >= 15 is 0 Å². The summed E-state index contributed by atoms with van der Waals surface area (Å²) in [4.78, 5) is 11.7. The Morgan fingerprint density at radius 1 is 1.61 bits per heavy atom. The first-order chi connectivity index (χ1) is 8.63. The van der Waals surface area contributed by atoms with E-state index < -0.39 is 24.2 Å². The van der Waals surface area contributed by atoms with E-state index in [0.29, 0.717) is 13.0 Å². The number of nitrogens with zero attached hydrogens (tertiary/aromatic N) is 1. The number of hydrogen-bond donors (Lipinski definition) is 3. The average Bonchev–Trinajstić information content (AvgIpc) is 2.95. The van der Waals surface area contributed by atoms with Crippen LogP contribution in [0.5, 0.6) is 0 Å². The zero-order valence-corrected chi connectivity index (χ0v) is 9.94. The van der Waals surface area contributed by atoms with Crippen molar-refractivity contribution in [1.82, 2.24) is 10.5 Å². The molecule has 7 nitrogen and oxygen atoms in total. The van der Waals surface area contributed by atoms with Crippen LogP contribution in [-0.2, 0) is 4.74 Å². The standard InChI is InChI=1S/C11H16N2O5/c1-17-5-6-4-7(10(15)9(6)14)13-11(16)8-2-3-12-18-8/h2-3,6-7,9-10,14-15H,4-5H2,1H3,(H,13,16)/t6-,7-,9-,10+/m1/s1. The maximum Gasteiger partial charge on any atom is 0.290 e. The molecule has 18 heavy (non-hydrogen) atoms. The van der Waals surface area contributed by atoms with Crippen LogP contribution in [0.2, 0.25) is 0 Å². The predicted octanol–water partition coefficient (Wildman–Crippen LogP) is -0.839. The van der Waals surface area contributed by atoms with E-state index in [1.165, 1.54) is 19.4 Å². The number of carbonyl (C=O) groups excluding carboxylic acids is 1. The number of ether oxygens (including phenoxy) is 1. The van der Waals surface area contributed by atoms with Gasteiger partial charge in [0, 0.05) is 19.1 Å². The van der Waals surface area contributed by atoms with Crippen molar-refractivity contribution in [3.05, 3.63) is 18.0 Å². The molecular formula is C11H16N2O5. The largest absolute Gasteiger partial charge is 0.390 e. The number of aromatic nitrogens is 1. The van der Waals surface area contributed by atoms with Crippen LogP contribution in [0.15, 0.2) is 16.8 Å². The SMILES string of the molecule is COC[C@H]1C[C@@H](NC(=O)c2ccno2)[C@H](O)[C@@H]1O. The summed E-state index contributed by atoms with van der Waals surface area (Å²) in [5, 5.41) is 25.7. The number of hydrogen-bond acceptors (Lipinski definition) is 6. The second-order valence-corrected chi connectivity index (χ2v) is 4.39. The van der Waals surface area contributed by atoms with Crippen molar-refractivity contribution in [3.63, 3.8) is 0 Å². The Labute approximate surface area is 104 Å². The Morgan fingerprint density at radius 3 is 3.00 bits per heavy atom. The molecule has 2 rings (SSSR count). The third-order valence-corrected chi connectivity index (χ3v) is 3.16. The van der Waals surface area contributed by atoms with Crippen molar-refractivity contribution in [1.29, 1.82) is 0 Å². The van der Waals surface area contributed by atoms with E-state index in [0.717, 1.165) is 0 Å². The highest BCUT2D eigenvalue weighted by Crippen LogP contribution is 2.27. The van der Waals surface area contributed by atoms with Crippen molar-refractivity contribution in [2.75, 3.05) is 13.7 Å². The van der Waals surface area contributed by atoms with Gasteiger partial charge in [-0.25, -0.2) is 0 Å². The molecule has 7 heteroatoms. The molecule has 0 aromatic carbocycles. The fourth-order valence-electron chi connectivity index (χ4n) is 2.22. The molecule has 100 valence electrons. The minimum atomic E-state index is -1.00. The van der Waals surface area contributed by atoms with Crippen molar-refractivity contribution in [2.24, 2.45) is 5.92 Å². The van der Waals surface area contributed by atoms with E-state index in [1.807, 2.05) is 0 Å². The van der Waals surface area contributed by atoms with Crippen LogP contribution in [0.1, 0.15) is 17.0 Å². The van der Waals surface area contributed by atoms with Crippen LogP contribution in [0, 0.1) is 5.92 Å². The number of rotatable bonds is 4. The highest BCUT2D eigenvalue weighted by atomic mass is 16.5. The summed E-state index contributed by atoms with van der Waals surface area (Å²) in [6.07, 6.45) is -0.0829. The van der Waals surface area contributed by atoms with E-state index in [1.54, 1.807) is 0 Å². The Bertz CT molecular complexity index is 394. The second kappa shape index (κ2) is 5.47. The fraction of sp³-hybridized carbons (Fsp3) is 0.636. The number of methoxy groups -OCH3 is 1. The molecule has 1 heterocycles. The van der Waals surface area contributed by atoms with Gasteiger partial charge in [-0.3, -0.25) is 4.79 Å². The lowest BCUT2D eigenvalue weighted by Crippen LogP contribution is -2.43. The van der Waals surface area contributed by atoms with Gasteiger partial charge in [-0.2, -0.15) is 0 Å². The molecule has 1 aliphatic carbocycles. The summed E-state index contributed by atoms with van der Waals surface area (Å²) in [5.41, 5.74) is 0. The lowest BCUT2D eigenvalue weighted by molar-refractivity contribution is -0.00562. The molecule has 1 aromatic heterocycles. The van der Waals surface area contributed by atoms with E-state index in [4.69, 9.17) is 9.26 Å². The highest BCUT2D eigenvalue weighted by molar-refractivity contribution is 5.91. The quantitative estimate of drug-likeness (QED) is 0.649. The lowest BCUT2D eigenvalue weighted by atomic mass is 10.1. The summed E-state index contributed by atoms with van der Waals surface area (Å²) in [6.45, 7) is 0.340. The summed E-state index contributed by atoms with van der Waals surface area (Å²) in [5.74, 6) is -0.571. The predicted molar refractivity (Wildman–Crippen MR) is 59.8 cm³/mol. The summed E-state index contributed by atoms with van der Waals surface area (Å²) >= 11 is 0. The Morgan fingerprint density at radius 2 is 2.39 bits per heavy atom. The molecule has 1 saturated carbocycles. The Kier molecular flexibility index (Phi) is 3.95. The van der Waals surface area contributed by atoms with E-state index in [2.05, 4.69) is 10.5 Å². The van der Waals surface area contributed by atoms with Gasteiger partial charge in [-0.15, -0.1) is 0 Å². The smallest absolute Gasteiger partial charge is 0.290 e. The number of carbonyl (C=O) groups is 1. The number of aliphatic hydroxyl groups excluding tert-OH is 2. The van der Waals surface area contributed by atoms with Gasteiger partial charge in [0.2, 0.25) is 5.76 Å². The first-order valence-corrected chi connectivity index (χ1v) is 5.70. The van der Waals surface area contributed by atoms with Gasteiger partial charge in [-0.1, -0.05) is 5.16 Å². The summed E-state index contributed by atoms with van der Waals surface area (Å²) in [7, 11) is 1.53. The van der Waals surface area contributed by atoms with Crippen molar-refractivity contribution in [3.8, 4) is 0 Å². The van der Waals surface area contributed by atoms with Crippen LogP contribution in [0.25, 0.3) is 0 Å². The first-order valence-electron chi connectivity index (χ1n) is 5.70. The average molecular weight is 256 g/mol. The molecule has 1 fully saturated rings. The van der Waals surface area contributed by atoms with Gasteiger partial charge in [0.1, 0.15) is 6.10 Å². The van der Waals surface area contributed by atoms with Gasteiger partial charge in [0.25, 0.3) is 5.91 Å². The van der Waals surface area contributed by atoms with Gasteiger partial charge in [0.05, 0.1) is 24.9 Å². The maximum atomic E-state index is 11.7. The van der Waals surface area contributed by atoms with Crippen LogP contribution in [-0.4, -0.2) is 53.2 Å². The van der Waals surface area contributed by atoms with Crippen LogP contribution >= 0.6 is 0 Å². The van der Waals surface area contributed by atoms with Crippen LogP contribution < -0.4 is 5.32 Å². The zero-order valence-electron chi connectivity index (χ0n) is 9.94. The topological polar surface area (TPSA) is 105 Å². The van der Waals surface area contributed by atoms with Gasteiger partial charge in [-0.05, 0) is 6.42 Å². The molecule has 1 aliphatic rings. The monoisotopic (exact) mass is 256 g/mol. The fourth-order valence-corrected chi connectivity index (χ4v) is 2.22. The molecule has 0 saturated heterocycles. The highest BCUT2D eigenvalue weighted by Gasteiger charge is 2.42. The molecular weight excluding hydrogens is 240 g/mol. The molecule has 1 aromatic rings. The summed E-state index contributed by atoms with van der Waals surface area (Å²) in [6, 6.07) is 0.914. The van der Waals surface area contributed by atoms with Crippen LogP contribution in [0.3, 0.4) is 0 Å². The van der Waals surface area contributed by atoms with Gasteiger partial charge in [0.15, 0.2) is 0 Å². The normalized spacial score (nSPS) is 31.5. The molecule has 1 amide bonds. The van der Waals surface area contributed by atoms with E-state index in [9.17, 15) is 15.0 Å². The third-order valence-electron chi connectivity index (χ3n) is 3.16. The first kappa shape index (κ1) is 13.0. The van der Waals surface area contributed by atoms with Crippen molar-refractivity contribution >= 4 is 5.91 Å². The third kappa shape index (κ3) is 2.53. The van der Waals surface area contributed by atoms with Crippen molar-refractivity contribution in [2.45, 2.75) is 24.7 Å². The van der Waals surface area contributed by atoms with Crippen LogP contribution in [0.4, 0.5) is 0 Å². The lowest BCUT2D eigenvalue weighted by Gasteiger charge is -2.17. The number of amides is 1. The Balaban J connectivity index is 1.96. The Hall–Kier alpha value is -1.44. The molecule has 0 bridgehead atoms. The molecule has 3 N–H and O–H groups in total. The zero-order chi connectivity index (χ0) is 13.1. The minimum absolute atomic E-state index is 0.0758. The molecule has 0 unspecified atom stereocenters. The number of nitrogens with one attached hydrogen (secondary N) is 1. The molecule has 4 atom stereocenters. The van der Waals surface area contributed by atoms with Crippen molar-refractivity contribution < 1.29 is 24.3 Å². The summed E-state index contributed by atoms with van der Waals surface area (Å²) < 4.78 is 9.67. The molecule has 0 radical (unpaired) electrons.